The average Bonchev–Trinajstić information content (AvgIpc) is 2.77. The third-order valence-electron chi connectivity index (χ3n) is 5.08. The van der Waals surface area contributed by atoms with Gasteiger partial charge in [-0.3, -0.25) is 14.7 Å². The largest absolute Gasteiger partial charge is 0.489 e. The highest BCUT2D eigenvalue weighted by Crippen LogP contribution is 2.11. The normalized spacial score (nSPS) is 11.1. The number of benzene rings is 1. The highest BCUT2D eigenvalue weighted by Gasteiger charge is 2.04. The number of hydrogen-bond donors (Lipinski definition) is 0. The van der Waals surface area contributed by atoms with Gasteiger partial charge in [0.15, 0.2) is 0 Å². The number of ether oxygens (including phenoxy) is 1. The van der Waals surface area contributed by atoms with Crippen molar-refractivity contribution in [2.45, 2.75) is 40.0 Å². The molecule has 5 nitrogen and oxygen atoms in total. The highest BCUT2D eigenvalue weighted by atomic mass is 19.1. The molecule has 0 aliphatic rings. The summed E-state index contributed by atoms with van der Waals surface area (Å²) in [5.41, 5.74) is 2.88. The Morgan fingerprint density at radius 2 is 1.77 bits per heavy atom. The molecule has 0 fully saturated rings. The first-order valence-corrected chi connectivity index (χ1v) is 10.3. The second-order valence-electron chi connectivity index (χ2n) is 7.18. The van der Waals surface area contributed by atoms with Gasteiger partial charge in [-0.15, -0.1) is 0 Å². The number of rotatable bonds is 10. The summed E-state index contributed by atoms with van der Waals surface area (Å²) < 4.78 is 20.2. The maximum atomic E-state index is 13.0. The molecule has 30 heavy (non-hydrogen) atoms. The Morgan fingerprint density at radius 3 is 2.40 bits per heavy atom. The van der Waals surface area contributed by atoms with Crippen LogP contribution in [0, 0.1) is 5.82 Å². The predicted octanol–water partition coefficient (Wildman–Crippen LogP) is 4.05. The van der Waals surface area contributed by atoms with E-state index in [9.17, 15) is 9.18 Å². The molecule has 0 amide bonds. The molecule has 0 saturated heterocycles. The van der Waals surface area contributed by atoms with E-state index in [2.05, 4.69) is 29.8 Å². The summed E-state index contributed by atoms with van der Waals surface area (Å²) in [6.07, 6.45) is 4.33. The molecule has 0 bridgehead atoms. The fourth-order valence-electron chi connectivity index (χ4n) is 3.15. The van der Waals surface area contributed by atoms with Gasteiger partial charge in [-0.1, -0.05) is 32.0 Å². The first kappa shape index (κ1) is 21.7. The van der Waals surface area contributed by atoms with Crippen molar-refractivity contribution in [3.8, 4) is 5.75 Å². The van der Waals surface area contributed by atoms with Crippen molar-refractivity contribution in [1.29, 1.82) is 0 Å². The smallest absolute Gasteiger partial charge is 0.254 e. The van der Waals surface area contributed by atoms with Crippen LogP contribution in [0.15, 0.2) is 65.7 Å². The lowest BCUT2D eigenvalue weighted by molar-refractivity contribution is 0.295. The van der Waals surface area contributed by atoms with E-state index in [4.69, 9.17) is 4.74 Å². The molecule has 3 aromatic rings. The molecular weight excluding hydrogens is 381 g/mol. The van der Waals surface area contributed by atoms with E-state index in [1.165, 1.54) is 23.8 Å². The van der Waals surface area contributed by atoms with Gasteiger partial charge in [0.05, 0.1) is 0 Å². The summed E-state index contributed by atoms with van der Waals surface area (Å²) in [7, 11) is 0. The number of halogens is 1. The molecule has 0 saturated carbocycles. The van der Waals surface area contributed by atoms with Crippen molar-refractivity contribution in [3.05, 3.63) is 93.9 Å². The van der Waals surface area contributed by atoms with Crippen LogP contribution in [0.5, 0.6) is 5.75 Å². The molecule has 0 aliphatic heterocycles. The summed E-state index contributed by atoms with van der Waals surface area (Å²) in [5, 5.41) is 0. The first-order chi connectivity index (χ1) is 14.6. The SMILES string of the molecule is CCN(CC)Cc1ccc(CCn2ccc(OCc3ccc(F)cc3)cc2=O)nc1. The van der Waals surface area contributed by atoms with Crippen LogP contribution >= 0.6 is 0 Å². The van der Waals surface area contributed by atoms with Gasteiger partial charge in [0, 0.05) is 43.7 Å². The maximum absolute atomic E-state index is 13.0. The molecule has 0 radical (unpaired) electrons. The van der Waals surface area contributed by atoms with Crippen LogP contribution in [0.25, 0.3) is 0 Å². The van der Waals surface area contributed by atoms with Crippen LogP contribution in [-0.2, 0) is 26.1 Å². The minimum Gasteiger partial charge on any atom is -0.489 e. The van der Waals surface area contributed by atoms with Crippen LogP contribution in [-0.4, -0.2) is 27.5 Å². The molecule has 0 spiro atoms. The standard InChI is InChI=1S/C24H28FN3O2/c1-3-27(4-2)17-20-7-10-22(26-16-20)11-13-28-14-12-23(15-24(28)29)30-18-19-5-8-21(25)9-6-19/h5-10,12,14-16H,3-4,11,13,17-18H2,1-2H3. The van der Waals surface area contributed by atoms with Gasteiger partial charge >= 0.3 is 0 Å². The lowest BCUT2D eigenvalue weighted by Crippen LogP contribution is -2.22. The summed E-state index contributed by atoms with van der Waals surface area (Å²) in [4.78, 5) is 19.2. The molecular formula is C24H28FN3O2. The van der Waals surface area contributed by atoms with E-state index in [0.29, 0.717) is 18.7 Å². The Bertz CT molecular complexity index is 981. The molecule has 0 aliphatic carbocycles. The van der Waals surface area contributed by atoms with Gasteiger partial charge in [0.1, 0.15) is 18.2 Å². The molecule has 2 aromatic heterocycles. The van der Waals surface area contributed by atoms with Crippen molar-refractivity contribution >= 4 is 0 Å². The van der Waals surface area contributed by atoms with Gasteiger partial charge < -0.3 is 9.30 Å². The van der Waals surface area contributed by atoms with Crippen molar-refractivity contribution < 1.29 is 9.13 Å². The van der Waals surface area contributed by atoms with E-state index < -0.39 is 0 Å². The third-order valence-corrected chi connectivity index (χ3v) is 5.08. The predicted molar refractivity (Wildman–Crippen MR) is 116 cm³/mol. The molecule has 2 heterocycles. The summed E-state index contributed by atoms with van der Waals surface area (Å²) in [5.74, 6) is 0.217. The fraction of sp³-hybridized carbons (Fsp3) is 0.333. The first-order valence-electron chi connectivity index (χ1n) is 10.3. The van der Waals surface area contributed by atoms with Crippen molar-refractivity contribution in [3.63, 3.8) is 0 Å². The summed E-state index contributed by atoms with van der Waals surface area (Å²) >= 11 is 0. The van der Waals surface area contributed by atoms with E-state index >= 15 is 0 Å². The second-order valence-corrected chi connectivity index (χ2v) is 7.18. The Morgan fingerprint density at radius 1 is 1.03 bits per heavy atom. The maximum Gasteiger partial charge on any atom is 0.254 e. The van der Waals surface area contributed by atoms with Crippen molar-refractivity contribution in [1.82, 2.24) is 14.5 Å². The molecule has 6 heteroatoms. The molecule has 0 unspecified atom stereocenters. The van der Waals surface area contributed by atoms with Gasteiger partial charge in [-0.05, 0) is 48.5 Å². The number of aromatic nitrogens is 2. The monoisotopic (exact) mass is 409 g/mol. The minimum absolute atomic E-state index is 0.121. The summed E-state index contributed by atoms with van der Waals surface area (Å²) in [6, 6.07) is 13.5. The zero-order valence-electron chi connectivity index (χ0n) is 17.6. The molecule has 0 atom stereocenters. The second kappa shape index (κ2) is 10.7. The molecule has 1 aromatic carbocycles. The number of hydrogen-bond acceptors (Lipinski definition) is 4. The van der Waals surface area contributed by atoms with Crippen LogP contribution in [0.3, 0.4) is 0 Å². The van der Waals surface area contributed by atoms with E-state index in [0.717, 1.165) is 30.9 Å². The van der Waals surface area contributed by atoms with Crippen LogP contribution in [0.4, 0.5) is 4.39 Å². The zero-order valence-corrected chi connectivity index (χ0v) is 17.6. The zero-order chi connectivity index (χ0) is 21.3. The Labute approximate surface area is 176 Å². The number of aryl methyl sites for hydroxylation is 2. The molecule has 3 rings (SSSR count). The van der Waals surface area contributed by atoms with Gasteiger partial charge in [-0.25, -0.2) is 4.39 Å². The Hall–Kier alpha value is -2.99. The van der Waals surface area contributed by atoms with Crippen LogP contribution in [0.2, 0.25) is 0 Å². The fourth-order valence-corrected chi connectivity index (χ4v) is 3.15. The third kappa shape index (κ3) is 6.26. The van der Waals surface area contributed by atoms with Crippen LogP contribution in [0.1, 0.15) is 30.7 Å². The number of pyridine rings is 2. The minimum atomic E-state index is -0.283. The topological polar surface area (TPSA) is 47.4 Å². The quantitative estimate of drug-likeness (QED) is 0.507. The Kier molecular flexibility index (Phi) is 7.74. The van der Waals surface area contributed by atoms with Crippen molar-refractivity contribution in [2.75, 3.05) is 13.1 Å². The van der Waals surface area contributed by atoms with Gasteiger partial charge in [0.2, 0.25) is 0 Å². The average molecular weight is 410 g/mol. The number of nitrogens with zero attached hydrogens (tertiary/aromatic N) is 3. The summed E-state index contributed by atoms with van der Waals surface area (Å²) in [6.45, 7) is 8.09. The van der Waals surface area contributed by atoms with E-state index in [-0.39, 0.29) is 18.0 Å². The van der Waals surface area contributed by atoms with Crippen molar-refractivity contribution in [2.24, 2.45) is 0 Å². The van der Waals surface area contributed by atoms with Gasteiger partial charge in [-0.2, -0.15) is 0 Å². The molecule has 0 N–H and O–H groups in total. The lowest BCUT2D eigenvalue weighted by atomic mass is 10.2. The van der Waals surface area contributed by atoms with E-state index in [1.807, 2.05) is 12.3 Å². The molecule has 158 valence electrons. The van der Waals surface area contributed by atoms with Gasteiger partial charge in [0.25, 0.3) is 5.56 Å². The lowest BCUT2D eigenvalue weighted by Gasteiger charge is -2.17. The highest BCUT2D eigenvalue weighted by molar-refractivity contribution is 5.21. The van der Waals surface area contributed by atoms with Crippen LogP contribution < -0.4 is 10.3 Å². The van der Waals surface area contributed by atoms with E-state index in [1.54, 1.807) is 29.0 Å². The Balaban J connectivity index is 1.53.